The Hall–Kier alpha value is -2.25. The van der Waals surface area contributed by atoms with E-state index in [0.717, 1.165) is 70.8 Å². The highest BCUT2D eigenvalue weighted by Gasteiger charge is 2.72. The number of imide groups is 2. The Labute approximate surface area is 233 Å². The summed E-state index contributed by atoms with van der Waals surface area (Å²) in [6, 6.07) is 8.10. The van der Waals surface area contributed by atoms with Gasteiger partial charge < -0.3 is 9.47 Å². The number of carbonyl (C=O) groups excluding carboxylic acids is 3. The molecule has 3 aliphatic heterocycles. The largest absolute Gasteiger partial charge is 0.374 e. The molecule has 4 fully saturated rings. The second-order valence-electron chi connectivity index (χ2n) is 12.4. The van der Waals surface area contributed by atoms with Gasteiger partial charge in [0.25, 0.3) is 0 Å². The van der Waals surface area contributed by atoms with E-state index in [1.807, 2.05) is 18.2 Å². The first-order valence-electron chi connectivity index (χ1n) is 15.3. The van der Waals surface area contributed by atoms with Gasteiger partial charge in [-0.1, -0.05) is 71.6 Å². The minimum atomic E-state index is -0.522. The molecule has 0 bridgehead atoms. The zero-order chi connectivity index (χ0) is 27.9. The van der Waals surface area contributed by atoms with Crippen LogP contribution in [0.25, 0.3) is 0 Å². The molecule has 7 nitrogen and oxygen atoms in total. The summed E-state index contributed by atoms with van der Waals surface area (Å²) in [5.41, 5.74) is -0.501. The molecule has 1 aromatic carbocycles. The molecule has 1 aromatic rings. The first kappa shape index (κ1) is 28.3. The van der Waals surface area contributed by atoms with Crippen molar-refractivity contribution in [3.8, 4) is 0 Å². The number of rotatable bonds is 10. The van der Waals surface area contributed by atoms with Gasteiger partial charge in [-0.2, -0.15) is 0 Å². The number of hydrogen-bond donors (Lipinski definition) is 0. The third-order valence-electron chi connectivity index (χ3n) is 11.0. The summed E-state index contributed by atoms with van der Waals surface area (Å²) in [6.07, 6.45) is 10.4. The number of unbranched alkanes of at least 4 members (excludes halogenated alkanes) is 2. The molecule has 1 saturated carbocycles. The highest BCUT2D eigenvalue weighted by Crippen LogP contribution is 2.66. The Morgan fingerprint density at radius 2 is 1.56 bits per heavy atom. The molecule has 0 N–H and O–H groups in total. The number of barbiturate groups is 1. The van der Waals surface area contributed by atoms with E-state index in [0.29, 0.717) is 18.7 Å². The average Bonchev–Trinajstić information content (AvgIpc) is 2.93. The lowest BCUT2D eigenvalue weighted by molar-refractivity contribution is -0.350. The Balaban J connectivity index is 1.58. The summed E-state index contributed by atoms with van der Waals surface area (Å²) < 4.78 is 13.0. The Bertz CT molecular complexity index is 1090. The standard InChI is InChI=1S/C32H46N2O5/c1-5-9-16-29(7-3)22-38-32(29)19-18-30(23-39-31(30,8-4)17-10-6-2)25(21-32)34-27(36)20-26(35)33(28(34)37)24-14-12-11-13-15-24/h11-15,25H,5-10,16-23H2,1-4H3. The van der Waals surface area contributed by atoms with Crippen molar-refractivity contribution in [1.29, 1.82) is 0 Å². The predicted octanol–water partition coefficient (Wildman–Crippen LogP) is 6.64. The van der Waals surface area contributed by atoms with Crippen LogP contribution in [-0.4, -0.2) is 53.2 Å². The number of urea groups is 1. The van der Waals surface area contributed by atoms with Crippen molar-refractivity contribution in [1.82, 2.24) is 4.90 Å². The van der Waals surface area contributed by atoms with E-state index < -0.39 is 11.9 Å². The Kier molecular flexibility index (Phi) is 7.70. The summed E-state index contributed by atoms with van der Waals surface area (Å²) >= 11 is 0. The molecule has 5 atom stereocenters. The summed E-state index contributed by atoms with van der Waals surface area (Å²) in [5, 5.41) is 0. The zero-order valence-electron chi connectivity index (χ0n) is 24.3. The van der Waals surface area contributed by atoms with E-state index in [2.05, 4.69) is 27.7 Å². The summed E-state index contributed by atoms with van der Waals surface area (Å²) in [6.45, 7) is 10.1. The maximum atomic E-state index is 14.2. The molecule has 7 heteroatoms. The second kappa shape index (κ2) is 10.6. The Morgan fingerprint density at radius 1 is 0.846 bits per heavy atom. The van der Waals surface area contributed by atoms with Crippen molar-refractivity contribution in [2.75, 3.05) is 18.1 Å². The zero-order valence-corrected chi connectivity index (χ0v) is 24.3. The Morgan fingerprint density at radius 3 is 2.13 bits per heavy atom. The van der Waals surface area contributed by atoms with Crippen LogP contribution in [0, 0.1) is 10.8 Å². The van der Waals surface area contributed by atoms with Crippen LogP contribution in [0.5, 0.6) is 0 Å². The number of benzene rings is 1. The molecule has 1 aliphatic carbocycles. The van der Waals surface area contributed by atoms with Crippen LogP contribution >= 0.6 is 0 Å². The van der Waals surface area contributed by atoms with Gasteiger partial charge in [0, 0.05) is 10.8 Å². The number of anilines is 1. The SMILES string of the molecule is CCCCC1(CC)COC12CCC1(COC1(CC)CCCC)C(N1C(=O)CC(=O)N(c3ccccc3)C1=O)C2. The van der Waals surface area contributed by atoms with Gasteiger partial charge in [0.2, 0.25) is 11.8 Å². The number of carbonyl (C=O) groups is 3. The van der Waals surface area contributed by atoms with E-state index >= 15 is 0 Å². The van der Waals surface area contributed by atoms with Gasteiger partial charge in [0.15, 0.2) is 0 Å². The molecular formula is C32H46N2O5. The van der Waals surface area contributed by atoms with E-state index in [-0.39, 0.29) is 40.4 Å². The lowest BCUT2D eigenvalue weighted by Crippen LogP contribution is -2.79. The third-order valence-corrected chi connectivity index (χ3v) is 11.0. The predicted molar refractivity (Wildman–Crippen MR) is 150 cm³/mol. The summed E-state index contributed by atoms with van der Waals surface area (Å²) in [7, 11) is 0. The quantitative estimate of drug-likeness (QED) is 0.312. The highest BCUT2D eigenvalue weighted by molar-refractivity contribution is 6.26. The van der Waals surface area contributed by atoms with Crippen molar-refractivity contribution >= 4 is 23.5 Å². The highest BCUT2D eigenvalue weighted by atomic mass is 16.5. The maximum absolute atomic E-state index is 14.2. The van der Waals surface area contributed by atoms with Gasteiger partial charge in [0.1, 0.15) is 6.42 Å². The van der Waals surface area contributed by atoms with Gasteiger partial charge >= 0.3 is 6.03 Å². The van der Waals surface area contributed by atoms with Gasteiger partial charge in [-0.3, -0.25) is 14.5 Å². The van der Waals surface area contributed by atoms with Crippen LogP contribution in [0.15, 0.2) is 30.3 Å². The number of nitrogens with zero attached hydrogens (tertiary/aromatic N) is 2. The number of hydrogen-bond acceptors (Lipinski definition) is 5. The molecule has 39 heavy (non-hydrogen) atoms. The molecular weight excluding hydrogens is 492 g/mol. The van der Waals surface area contributed by atoms with Crippen molar-refractivity contribution in [2.45, 2.75) is 122 Å². The third kappa shape index (κ3) is 4.09. The molecule has 5 unspecified atom stereocenters. The smallest absolute Gasteiger partial charge is 0.338 e. The normalized spacial score (nSPS) is 36.4. The number of amides is 4. The first-order valence-corrected chi connectivity index (χ1v) is 15.3. The first-order chi connectivity index (χ1) is 18.8. The van der Waals surface area contributed by atoms with E-state index in [4.69, 9.17) is 9.47 Å². The molecule has 4 amide bonds. The lowest BCUT2D eigenvalue weighted by Gasteiger charge is -2.71. The average molecular weight is 539 g/mol. The van der Waals surface area contributed by atoms with Gasteiger partial charge in [-0.25, -0.2) is 9.69 Å². The maximum Gasteiger partial charge on any atom is 0.338 e. The minimum absolute atomic E-state index is 0.0581. The number of para-hydroxylation sites is 1. The van der Waals surface area contributed by atoms with Crippen LogP contribution in [0.3, 0.4) is 0 Å². The fourth-order valence-corrected chi connectivity index (χ4v) is 8.38. The van der Waals surface area contributed by atoms with Crippen LogP contribution < -0.4 is 4.90 Å². The molecule has 5 rings (SSSR count). The van der Waals surface area contributed by atoms with E-state index in [1.165, 1.54) is 9.80 Å². The molecule has 0 aromatic heterocycles. The van der Waals surface area contributed by atoms with Crippen LogP contribution in [-0.2, 0) is 19.1 Å². The van der Waals surface area contributed by atoms with Gasteiger partial charge in [-0.05, 0) is 57.1 Å². The number of ether oxygens (including phenoxy) is 2. The minimum Gasteiger partial charge on any atom is -0.374 e. The van der Waals surface area contributed by atoms with Crippen LogP contribution in [0.4, 0.5) is 10.5 Å². The van der Waals surface area contributed by atoms with Gasteiger partial charge in [-0.15, -0.1) is 0 Å². The summed E-state index contributed by atoms with van der Waals surface area (Å²) in [5.74, 6) is -0.851. The summed E-state index contributed by atoms with van der Waals surface area (Å²) in [4.78, 5) is 43.7. The molecule has 3 heterocycles. The van der Waals surface area contributed by atoms with Gasteiger partial charge in [0.05, 0.1) is 36.1 Å². The van der Waals surface area contributed by atoms with Crippen molar-refractivity contribution in [3.05, 3.63) is 30.3 Å². The second-order valence-corrected chi connectivity index (χ2v) is 12.4. The molecule has 2 spiro atoms. The van der Waals surface area contributed by atoms with Crippen molar-refractivity contribution in [3.63, 3.8) is 0 Å². The van der Waals surface area contributed by atoms with Crippen molar-refractivity contribution < 1.29 is 23.9 Å². The van der Waals surface area contributed by atoms with Crippen LogP contribution in [0.1, 0.15) is 105 Å². The molecule has 4 aliphatic rings. The fourth-order valence-electron chi connectivity index (χ4n) is 8.38. The van der Waals surface area contributed by atoms with Crippen LogP contribution in [0.2, 0.25) is 0 Å². The van der Waals surface area contributed by atoms with E-state index in [1.54, 1.807) is 12.1 Å². The lowest BCUT2D eigenvalue weighted by atomic mass is 9.47. The van der Waals surface area contributed by atoms with E-state index in [9.17, 15) is 14.4 Å². The molecule has 214 valence electrons. The topological polar surface area (TPSA) is 76.2 Å². The van der Waals surface area contributed by atoms with Crippen molar-refractivity contribution in [2.24, 2.45) is 10.8 Å². The fraction of sp³-hybridized carbons (Fsp3) is 0.719. The molecule has 0 radical (unpaired) electrons. The monoisotopic (exact) mass is 538 g/mol. The molecule has 3 saturated heterocycles.